The molecule has 3 N–H and O–H groups in total. The molecule has 84 valence electrons. The molecule has 0 unspecified atom stereocenters. The Morgan fingerprint density at radius 3 is 2.76 bits per heavy atom. The Balaban J connectivity index is 2.51. The van der Waals surface area contributed by atoms with E-state index in [0.717, 1.165) is 5.52 Å². The van der Waals surface area contributed by atoms with E-state index < -0.39 is 5.91 Å². The number of benzene rings is 1. The van der Waals surface area contributed by atoms with Crippen LogP contribution in [0.5, 0.6) is 0 Å². The molecule has 2 heterocycles. The number of nitrogens with one attached hydrogen (secondary N) is 1. The van der Waals surface area contributed by atoms with Crippen LogP contribution in [-0.2, 0) is 0 Å². The van der Waals surface area contributed by atoms with Crippen molar-refractivity contribution >= 4 is 38.4 Å². The van der Waals surface area contributed by atoms with E-state index in [1.54, 1.807) is 12.1 Å². The highest BCUT2D eigenvalue weighted by Crippen LogP contribution is 2.23. The van der Waals surface area contributed by atoms with Crippen LogP contribution in [0.25, 0.3) is 21.1 Å². The van der Waals surface area contributed by atoms with Crippen LogP contribution in [0.15, 0.2) is 35.1 Å². The van der Waals surface area contributed by atoms with Gasteiger partial charge in [-0.15, -0.1) is 11.3 Å². The molecule has 0 aliphatic carbocycles. The van der Waals surface area contributed by atoms with E-state index in [-0.39, 0.29) is 5.43 Å². The van der Waals surface area contributed by atoms with Crippen molar-refractivity contribution in [2.24, 2.45) is 5.73 Å². The van der Waals surface area contributed by atoms with Gasteiger partial charge in [0, 0.05) is 5.39 Å². The maximum atomic E-state index is 12.2. The number of pyridine rings is 1. The maximum absolute atomic E-state index is 12.2. The molecule has 0 saturated carbocycles. The summed E-state index contributed by atoms with van der Waals surface area (Å²) >= 11 is 1.20. The van der Waals surface area contributed by atoms with Gasteiger partial charge in [0.05, 0.1) is 15.8 Å². The second kappa shape index (κ2) is 3.43. The number of amides is 1. The summed E-state index contributed by atoms with van der Waals surface area (Å²) in [5.74, 6) is -0.511. The summed E-state index contributed by atoms with van der Waals surface area (Å²) in [4.78, 5) is 27.5. The van der Waals surface area contributed by atoms with Gasteiger partial charge < -0.3 is 10.7 Å². The van der Waals surface area contributed by atoms with E-state index in [1.165, 1.54) is 11.3 Å². The largest absolute Gasteiger partial charge is 0.365 e. The molecule has 0 aliphatic rings. The Hall–Kier alpha value is -2.14. The van der Waals surface area contributed by atoms with Crippen molar-refractivity contribution in [2.45, 2.75) is 0 Å². The Morgan fingerprint density at radius 1 is 1.24 bits per heavy atom. The van der Waals surface area contributed by atoms with Crippen LogP contribution in [-0.4, -0.2) is 10.9 Å². The second-order valence-electron chi connectivity index (χ2n) is 3.72. The van der Waals surface area contributed by atoms with Gasteiger partial charge in [-0.2, -0.15) is 0 Å². The number of hydrogen-bond donors (Lipinski definition) is 2. The zero-order valence-corrected chi connectivity index (χ0v) is 9.51. The van der Waals surface area contributed by atoms with Crippen LogP contribution in [0.3, 0.4) is 0 Å². The Labute approximate surface area is 99.7 Å². The number of fused-ring (bicyclic) bond motifs is 2. The minimum absolute atomic E-state index is 0.0712. The molecule has 5 heteroatoms. The predicted octanol–water partition coefficient (Wildman–Crippen LogP) is 1.84. The molecule has 0 bridgehead atoms. The number of aromatic amines is 1. The lowest BCUT2D eigenvalue weighted by atomic mass is 10.2. The zero-order chi connectivity index (χ0) is 12.0. The van der Waals surface area contributed by atoms with Gasteiger partial charge in [0.1, 0.15) is 4.83 Å². The van der Waals surface area contributed by atoms with Gasteiger partial charge >= 0.3 is 0 Å². The summed E-state index contributed by atoms with van der Waals surface area (Å²) in [7, 11) is 0. The van der Waals surface area contributed by atoms with Gasteiger partial charge in [0.25, 0.3) is 5.91 Å². The van der Waals surface area contributed by atoms with Gasteiger partial charge in [0.15, 0.2) is 5.43 Å². The third-order valence-corrected chi connectivity index (χ3v) is 3.70. The van der Waals surface area contributed by atoms with Crippen LogP contribution < -0.4 is 11.2 Å². The third-order valence-electron chi connectivity index (χ3n) is 2.64. The fourth-order valence-corrected chi connectivity index (χ4v) is 2.75. The van der Waals surface area contributed by atoms with Crippen molar-refractivity contribution in [3.63, 3.8) is 0 Å². The summed E-state index contributed by atoms with van der Waals surface area (Å²) < 4.78 is 0. The number of para-hydroxylation sites is 1. The Morgan fingerprint density at radius 2 is 2.00 bits per heavy atom. The number of rotatable bonds is 1. The highest BCUT2D eigenvalue weighted by Gasteiger charge is 2.11. The highest BCUT2D eigenvalue weighted by molar-refractivity contribution is 7.20. The lowest BCUT2D eigenvalue weighted by molar-refractivity contribution is 0.100. The molecule has 0 fully saturated rings. The molecular formula is C12H8N2O2S. The molecule has 0 atom stereocenters. The molecule has 1 aromatic carbocycles. The molecule has 0 aliphatic heterocycles. The fourth-order valence-electron chi connectivity index (χ4n) is 1.83. The monoisotopic (exact) mass is 244 g/mol. The SMILES string of the molecule is NC(=O)c1cc2c(=O)c3ccccc3[nH]c2s1. The minimum Gasteiger partial charge on any atom is -0.365 e. The average molecular weight is 244 g/mol. The first-order valence-electron chi connectivity index (χ1n) is 5.01. The van der Waals surface area contributed by atoms with Gasteiger partial charge in [-0.1, -0.05) is 12.1 Å². The van der Waals surface area contributed by atoms with Crippen molar-refractivity contribution in [3.8, 4) is 0 Å². The number of carbonyl (C=O) groups is 1. The third kappa shape index (κ3) is 1.43. The first-order valence-corrected chi connectivity index (χ1v) is 5.83. The molecule has 3 aromatic rings. The van der Waals surface area contributed by atoms with E-state index in [4.69, 9.17) is 5.73 Å². The molecule has 17 heavy (non-hydrogen) atoms. The molecule has 0 saturated heterocycles. The summed E-state index contributed by atoms with van der Waals surface area (Å²) in [5, 5.41) is 1.14. The van der Waals surface area contributed by atoms with Crippen molar-refractivity contribution in [2.75, 3.05) is 0 Å². The Bertz CT molecular complexity index is 801. The number of thiophene rings is 1. The van der Waals surface area contributed by atoms with E-state index in [9.17, 15) is 9.59 Å². The molecular weight excluding hydrogens is 236 g/mol. The summed E-state index contributed by atoms with van der Waals surface area (Å²) in [6.45, 7) is 0. The van der Waals surface area contributed by atoms with Crippen LogP contribution in [0.4, 0.5) is 0 Å². The standard InChI is InChI=1S/C12H8N2O2S/c13-11(16)9-5-7-10(15)6-3-1-2-4-8(6)14-12(7)17-9/h1-5H,(H2,13,16)(H,14,15). The van der Waals surface area contributed by atoms with Crippen LogP contribution in [0.2, 0.25) is 0 Å². The highest BCUT2D eigenvalue weighted by atomic mass is 32.1. The topological polar surface area (TPSA) is 76.0 Å². The van der Waals surface area contributed by atoms with E-state index >= 15 is 0 Å². The summed E-state index contributed by atoms with van der Waals surface area (Å²) in [6.07, 6.45) is 0. The summed E-state index contributed by atoms with van der Waals surface area (Å²) in [6, 6.07) is 8.81. The predicted molar refractivity (Wildman–Crippen MR) is 68.5 cm³/mol. The number of primary amides is 1. The molecule has 1 amide bonds. The fraction of sp³-hybridized carbons (Fsp3) is 0. The Kier molecular flexibility index (Phi) is 2.02. The minimum atomic E-state index is -0.511. The molecule has 0 radical (unpaired) electrons. The molecule has 2 aromatic heterocycles. The number of nitrogens with two attached hydrogens (primary N) is 1. The lowest BCUT2D eigenvalue weighted by Gasteiger charge is -1.96. The molecule has 0 spiro atoms. The van der Waals surface area contributed by atoms with Crippen molar-refractivity contribution < 1.29 is 4.79 Å². The number of aromatic nitrogens is 1. The van der Waals surface area contributed by atoms with E-state index in [0.29, 0.717) is 20.5 Å². The van der Waals surface area contributed by atoms with Gasteiger partial charge in [0.2, 0.25) is 0 Å². The lowest BCUT2D eigenvalue weighted by Crippen LogP contribution is -2.08. The summed E-state index contributed by atoms with van der Waals surface area (Å²) in [5.41, 5.74) is 5.90. The number of carbonyl (C=O) groups excluding carboxylic acids is 1. The normalized spacial score (nSPS) is 11.1. The van der Waals surface area contributed by atoms with Crippen molar-refractivity contribution in [1.29, 1.82) is 0 Å². The van der Waals surface area contributed by atoms with Crippen LogP contribution >= 0.6 is 11.3 Å². The maximum Gasteiger partial charge on any atom is 0.258 e. The van der Waals surface area contributed by atoms with E-state index in [2.05, 4.69) is 4.98 Å². The molecule has 4 nitrogen and oxygen atoms in total. The van der Waals surface area contributed by atoms with Gasteiger partial charge in [-0.25, -0.2) is 0 Å². The first kappa shape index (κ1) is 10.0. The van der Waals surface area contributed by atoms with Crippen LogP contribution in [0.1, 0.15) is 9.67 Å². The van der Waals surface area contributed by atoms with Gasteiger partial charge in [-0.05, 0) is 18.2 Å². The number of H-pyrrole nitrogens is 1. The number of hydrogen-bond acceptors (Lipinski definition) is 3. The van der Waals surface area contributed by atoms with Crippen molar-refractivity contribution in [3.05, 3.63) is 45.4 Å². The molecule has 3 rings (SSSR count). The van der Waals surface area contributed by atoms with Gasteiger partial charge in [-0.3, -0.25) is 9.59 Å². The van der Waals surface area contributed by atoms with E-state index in [1.807, 2.05) is 18.2 Å². The quantitative estimate of drug-likeness (QED) is 0.685. The first-order chi connectivity index (χ1) is 8.16. The average Bonchev–Trinajstić information content (AvgIpc) is 2.74. The van der Waals surface area contributed by atoms with Crippen LogP contribution in [0, 0.1) is 0 Å². The zero-order valence-electron chi connectivity index (χ0n) is 8.69. The second-order valence-corrected chi connectivity index (χ2v) is 4.77. The smallest absolute Gasteiger partial charge is 0.258 e. The van der Waals surface area contributed by atoms with Crippen molar-refractivity contribution in [1.82, 2.24) is 4.98 Å².